The van der Waals surface area contributed by atoms with E-state index in [0.29, 0.717) is 30.6 Å². The SMILES string of the molecule is Cc1ccnc(C(O)C2C3CN(C(=O)O)C[C@H]32)c1. The predicted molar refractivity (Wildman–Crippen MR) is 64.0 cm³/mol. The first kappa shape index (κ1) is 11.5. The van der Waals surface area contributed by atoms with Crippen molar-refractivity contribution in [2.75, 3.05) is 13.1 Å². The summed E-state index contributed by atoms with van der Waals surface area (Å²) in [6, 6.07) is 3.80. The van der Waals surface area contributed by atoms with E-state index in [9.17, 15) is 9.90 Å². The molecule has 1 saturated carbocycles. The molecule has 0 spiro atoms. The monoisotopic (exact) mass is 248 g/mol. The van der Waals surface area contributed by atoms with E-state index in [2.05, 4.69) is 4.98 Å². The maximum absolute atomic E-state index is 10.8. The molecule has 0 bridgehead atoms. The second kappa shape index (κ2) is 3.95. The average molecular weight is 248 g/mol. The summed E-state index contributed by atoms with van der Waals surface area (Å²) in [7, 11) is 0. The standard InChI is InChI=1S/C13H16N2O3/c1-7-2-3-14-10(4-7)12(16)11-8-5-15(13(17)18)6-9(8)11/h2-4,8-9,11-12,16H,5-6H2,1H3,(H,17,18)/t8-,9?,11?,12?/m1/s1. The number of pyridine rings is 1. The predicted octanol–water partition coefficient (Wildman–Crippen LogP) is 1.28. The van der Waals surface area contributed by atoms with Gasteiger partial charge in [-0.1, -0.05) is 0 Å². The van der Waals surface area contributed by atoms with E-state index in [1.807, 2.05) is 19.1 Å². The molecule has 2 fully saturated rings. The Morgan fingerprint density at radius 3 is 2.72 bits per heavy atom. The minimum atomic E-state index is -0.857. The van der Waals surface area contributed by atoms with Gasteiger partial charge in [0.1, 0.15) is 0 Å². The highest BCUT2D eigenvalue weighted by molar-refractivity contribution is 5.65. The molecule has 4 atom stereocenters. The summed E-state index contributed by atoms with van der Waals surface area (Å²) in [6.07, 6.45) is 0.287. The summed E-state index contributed by atoms with van der Waals surface area (Å²) in [6.45, 7) is 3.07. The largest absolute Gasteiger partial charge is 0.465 e. The molecule has 1 aliphatic carbocycles. The molecule has 18 heavy (non-hydrogen) atoms. The Labute approximate surface area is 105 Å². The summed E-state index contributed by atoms with van der Waals surface area (Å²) in [4.78, 5) is 16.4. The number of rotatable bonds is 2. The molecule has 1 aromatic heterocycles. The summed E-state index contributed by atoms with van der Waals surface area (Å²) in [5, 5.41) is 19.2. The lowest BCUT2D eigenvalue weighted by molar-refractivity contribution is 0.112. The van der Waals surface area contributed by atoms with Crippen LogP contribution in [-0.4, -0.2) is 39.3 Å². The van der Waals surface area contributed by atoms with Crippen molar-refractivity contribution in [2.45, 2.75) is 13.0 Å². The van der Waals surface area contributed by atoms with Gasteiger partial charge < -0.3 is 15.1 Å². The molecule has 96 valence electrons. The van der Waals surface area contributed by atoms with Crippen molar-refractivity contribution < 1.29 is 15.0 Å². The number of carboxylic acid groups (broad SMARTS) is 1. The number of amides is 1. The van der Waals surface area contributed by atoms with E-state index < -0.39 is 12.2 Å². The molecule has 3 unspecified atom stereocenters. The topological polar surface area (TPSA) is 73.7 Å². The molecule has 1 aliphatic heterocycles. The molecular weight excluding hydrogens is 232 g/mol. The van der Waals surface area contributed by atoms with Crippen LogP contribution in [0.3, 0.4) is 0 Å². The smallest absolute Gasteiger partial charge is 0.407 e. The number of aryl methyl sites for hydroxylation is 1. The maximum atomic E-state index is 10.8. The van der Waals surface area contributed by atoms with Crippen LogP contribution in [-0.2, 0) is 0 Å². The number of likely N-dealkylation sites (tertiary alicyclic amines) is 1. The van der Waals surface area contributed by atoms with Gasteiger partial charge in [-0.2, -0.15) is 0 Å². The van der Waals surface area contributed by atoms with Gasteiger partial charge in [0.15, 0.2) is 0 Å². The molecule has 2 aliphatic rings. The number of aliphatic hydroxyl groups is 1. The van der Waals surface area contributed by atoms with E-state index >= 15 is 0 Å². The summed E-state index contributed by atoms with van der Waals surface area (Å²) in [5.74, 6) is 0.784. The third kappa shape index (κ3) is 1.75. The van der Waals surface area contributed by atoms with Crippen molar-refractivity contribution in [1.29, 1.82) is 0 Å². The number of carbonyl (C=O) groups is 1. The van der Waals surface area contributed by atoms with Crippen molar-refractivity contribution in [1.82, 2.24) is 9.88 Å². The van der Waals surface area contributed by atoms with Crippen LogP contribution in [0.25, 0.3) is 0 Å². The third-order valence-electron chi connectivity index (χ3n) is 4.13. The van der Waals surface area contributed by atoms with Gasteiger partial charge >= 0.3 is 6.09 Å². The Kier molecular flexibility index (Phi) is 2.52. The molecule has 3 rings (SSSR count). The van der Waals surface area contributed by atoms with E-state index in [4.69, 9.17) is 5.11 Å². The van der Waals surface area contributed by atoms with Crippen LogP contribution in [0, 0.1) is 24.7 Å². The highest BCUT2D eigenvalue weighted by Gasteiger charge is 2.59. The molecule has 5 nitrogen and oxygen atoms in total. The van der Waals surface area contributed by atoms with Crippen LogP contribution in [0.2, 0.25) is 0 Å². The Morgan fingerprint density at radius 2 is 2.17 bits per heavy atom. The lowest BCUT2D eigenvalue weighted by Gasteiger charge is -2.18. The van der Waals surface area contributed by atoms with Crippen molar-refractivity contribution >= 4 is 6.09 Å². The fourth-order valence-corrected chi connectivity index (χ4v) is 3.12. The zero-order chi connectivity index (χ0) is 12.9. The van der Waals surface area contributed by atoms with E-state index in [1.54, 1.807) is 6.20 Å². The van der Waals surface area contributed by atoms with Crippen LogP contribution in [0.5, 0.6) is 0 Å². The number of nitrogens with zero attached hydrogens (tertiary/aromatic N) is 2. The van der Waals surface area contributed by atoms with Gasteiger partial charge in [-0.05, 0) is 36.5 Å². The number of hydrogen-bond acceptors (Lipinski definition) is 3. The van der Waals surface area contributed by atoms with Gasteiger partial charge in [0.05, 0.1) is 11.8 Å². The van der Waals surface area contributed by atoms with Crippen molar-refractivity contribution in [3.05, 3.63) is 29.6 Å². The van der Waals surface area contributed by atoms with Crippen molar-refractivity contribution in [2.24, 2.45) is 17.8 Å². The van der Waals surface area contributed by atoms with Gasteiger partial charge in [0, 0.05) is 25.2 Å². The molecule has 2 N–H and O–H groups in total. The minimum Gasteiger partial charge on any atom is -0.465 e. The zero-order valence-corrected chi connectivity index (χ0v) is 10.2. The second-order valence-electron chi connectivity index (χ2n) is 5.30. The Morgan fingerprint density at radius 1 is 1.50 bits per heavy atom. The van der Waals surface area contributed by atoms with Gasteiger partial charge in [-0.25, -0.2) is 4.79 Å². The molecule has 1 aromatic rings. The van der Waals surface area contributed by atoms with E-state index in [-0.39, 0.29) is 5.92 Å². The molecular formula is C13H16N2O3. The number of aliphatic hydroxyl groups excluding tert-OH is 1. The molecule has 5 heteroatoms. The van der Waals surface area contributed by atoms with Crippen LogP contribution in [0.4, 0.5) is 4.79 Å². The van der Waals surface area contributed by atoms with E-state index in [0.717, 1.165) is 5.56 Å². The molecule has 1 amide bonds. The fourth-order valence-electron chi connectivity index (χ4n) is 3.12. The summed E-state index contributed by atoms with van der Waals surface area (Å²) >= 11 is 0. The van der Waals surface area contributed by atoms with Crippen LogP contribution >= 0.6 is 0 Å². The second-order valence-corrected chi connectivity index (χ2v) is 5.30. The minimum absolute atomic E-state index is 0.176. The van der Waals surface area contributed by atoms with Gasteiger partial charge in [0.2, 0.25) is 0 Å². The fraction of sp³-hybridized carbons (Fsp3) is 0.538. The number of aromatic nitrogens is 1. The highest BCUT2D eigenvalue weighted by Crippen LogP contribution is 2.57. The lowest BCUT2D eigenvalue weighted by Crippen LogP contribution is -2.30. The average Bonchev–Trinajstić information content (AvgIpc) is 2.81. The normalized spacial score (nSPS) is 31.0. The van der Waals surface area contributed by atoms with Crippen LogP contribution in [0.15, 0.2) is 18.3 Å². The highest BCUT2D eigenvalue weighted by atomic mass is 16.4. The summed E-state index contributed by atoms with van der Waals surface area (Å²) in [5.41, 5.74) is 1.79. The molecule has 0 radical (unpaired) electrons. The Bertz CT molecular complexity index is 479. The molecule has 2 heterocycles. The van der Waals surface area contributed by atoms with Crippen LogP contribution < -0.4 is 0 Å². The Hall–Kier alpha value is -1.62. The van der Waals surface area contributed by atoms with Gasteiger partial charge in [-0.3, -0.25) is 4.98 Å². The summed E-state index contributed by atoms with van der Waals surface area (Å²) < 4.78 is 0. The quantitative estimate of drug-likeness (QED) is 0.826. The maximum Gasteiger partial charge on any atom is 0.407 e. The van der Waals surface area contributed by atoms with E-state index in [1.165, 1.54) is 4.90 Å². The van der Waals surface area contributed by atoms with Crippen LogP contribution in [0.1, 0.15) is 17.4 Å². The molecule has 0 aromatic carbocycles. The number of hydrogen-bond donors (Lipinski definition) is 2. The molecule has 1 saturated heterocycles. The lowest BCUT2D eigenvalue weighted by atomic mass is 10.1. The Balaban J connectivity index is 1.68. The van der Waals surface area contributed by atoms with Gasteiger partial charge in [-0.15, -0.1) is 0 Å². The number of piperidine rings is 1. The number of fused-ring (bicyclic) bond motifs is 1. The van der Waals surface area contributed by atoms with Gasteiger partial charge in [0.25, 0.3) is 0 Å². The van der Waals surface area contributed by atoms with Crippen molar-refractivity contribution in [3.8, 4) is 0 Å². The first-order valence-electron chi connectivity index (χ1n) is 6.16. The van der Waals surface area contributed by atoms with Crippen molar-refractivity contribution in [3.63, 3.8) is 0 Å². The first-order chi connectivity index (χ1) is 8.58. The third-order valence-corrected chi connectivity index (χ3v) is 4.13. The zero-order valence-electron chi connectivity index (χ0n) is 10.2. The first-order valence-corrected chi connectivity index (χ1v) is 6.16.